The summed E-state index contributed by atoms with van der Waals surface area (Å²) in [6.45, 7) is 0. The second-order valence-corrected chi connectivity index (χ2v) is 18.4. The van der Waals surface area contributed by atoms with Gasteiger partial charge in [-0.2, -0.15) is 0 Å². The van der Waals surface area contributed by atoms with Gasteiger partial charge < -0.3 is 9.47 Å². The van der Waals surface area contributed by atoms with Gasteiger partial charge in [0.25, 0.3) is 0 Å². The monoisotopic (exact) mass is 848 g/mol. The van der Waals surface area contributed by atoms with Crippen molar-refractivity contribution in [1.82, 2.24) is 4.57 Å². The normalized spacial score (nSPS) is 14.6. The van der Waals surface area contributed by atoms with Gasteiger partial charge in [-0.05, 0) is 142 Å². The zero-order chi connectivity index (χ0) is 43.8. The zero-order valence-corrected chi connectivity index (χ0v) is 36.5. The number of para-hydroxylation sites is 3. The summed E-state index contributed by atoms with van der Waals surface area (Å²) < 4.78 is 2.52. The van der Waals surface area contributed by atoms with E-state index in [1.165, 1.54) is 115 Å². The van der Waals surface area contributed by atoms with Gasteiger partial charge in [-0.15, -0.1) is 0 Å². The van der Waals surface area contributed by atoms with Gasteiger partial charge >= 0.3 is 0 Å². The second kappa shape index (κ2) is 13.7. The fraction of sp³-hybridized carbons (Fsp3) is 0.0154. The molecule has 0 saturated carbocycles. The van der Waals surface area contributed by atoms with E-state index >= 15 is 0 Å². The highest BCUT2D eigenvalue weighted by molar-refractivity contribution is 6.26. The maximum atomic E-state index is 2.52. The van der Waals surface area contributed by atoms with Crippen molar-refractivity contribution in [1.29, 1.82) is 0 Å². The first-order valence-electron chi connectivity index (χ1n) is 23.3. The van der Waals surface area contributed by atoms with E-state index in [4.69, 9.17) is 0 Å². The molecule has 310 valence electrons. The standard InChI is InChI=1S/C65H40N2/c1-2-15-43-38-46(34-30-41(43)14-1)66(47-35-37-52-50-18-4-3-16-48(50)49-17-5-6-19-51(49)57(52)40-47)45-32-28-42(29-33-45)44-31-36-54-53-20-7-9-23-58(53)65(61(54)39-44)59-24-10-12-27-63(59)67-62-26-11-8-21-55(62)56-22-13-25-60(65)64(56)67/h1-40H. The first kappa shape index (κ1) is 36.6. The lowest BCUT2D eigenvalue weighted by Crippen LogP contribution is -2.33. The third kappa shape index (κ3) is 4.94. The van der Waals surface area contributed by atoms with Gasteiger partial charge in [-0.1, -0.05) is 188 Å². The van der Waals surface area contributed by atoms with E-state index in [9.17, 15) is 0 Å². The van der Waals surface area contributed by atoms with E-state index in [2.05, 4.69) is 252 Å². The van der Waals surface area contributed by atoms with Crippen molar-refractivity contribution in [2.75, 3.05) is 4.90 Å². The smallest absolute Gasteiger partial charge is 0.0754 e. The highest BCUT2D eigenvalue weighted by atomic mass is 15.1. The Morgan fingerprint density at radius 3 is 1.66 bits per heavy atom. The predicted octanol–water partition coefficient (Wildman–Crippen LogP) is 17.2. The maximum Gasteiger partial charge on any atom is 0.0754 e. The molecule has 0 N–H and O–H groups in total. The van der Waals surface area contributed by atoms with E-state index in [1.54, 1.807) is 0 Å². The Kier molecular flexibility index (Phi) is 7.46. The Bertz CT molecular complexity index is 4200. The van der Waals surface area contributed by atoms with Crippen molar-refractivity contribution in [3.05, 3.63) is 265 Å². The molecular formula is C65H40N2. The molecule has 1 unspecified atom stereocenters. The van der Waals surface area contributed by atoms with Crippen LogP contribution in [0.2, 0.25) is 0 Å². The molecule has 1 aromatic heterocycles. The Balaban J connectivity index is 0.918. The van der Waals surface area contributed by atoms with E-state index in [1.807, 2.05) is 0 Å². The third-order valence-corrected chi connectivity index (χ3v) is 15.1. The Labute approximate surface area is 387 Å². The number of benzene rings is 12. The zero-order valence-electron chi connectivity index (χ0n) is 36.5. The van der Waals surface area contributed by atoms with Crippen LogP contribution in [0.4, 0.5) is 17.1 Å². The summed E-state index contributed by atoms with van der Waals surface area (Å²) in [5.74, 6) is 0. The summed E-state index contributed by atoms with van der Waals surface area (Å²) in [5.41, 5.74) is 17.0. The molecule has 2 nitrogen and oxygen atoms in total. The highest BCUT2D eigenvalue weighted by Crippen LogP contribution is 2.61. The van der Waals surface area contributed by atoms with Crippen LogP contribution in [0.1, 0.15) is 22.3 Å². The molecule has 1 spiro atoms. The van der Waals surface area contributed by atoms with Crippen LogP contribution < -0.4 is 4.90 Å². The first-order valence-corrected chi connectivity index (χ1v) is 23.3. The molecule has 13 aromatic rings. The number of aromatic nitrogens is 1. The quantitative estimate of drug-likeness (QED) is 0.160. The number of anilines is 3. The summed E-state index contributed by atoms with van der Waals surface area (Å²) in [5, 5.41) is 12.7. The molecule has 1 aliphatic heterocycles. The number of hydrogen-bond donors (Lipinski definition) is 0. The molecular weight excluding hydrogens is 809 g/mol. The third-order valence-electron chi connectivity index (χ3n) is 15.1. The Morgan fingerprint density at radius 1 is 0.299 bits per heavy atom. The summed E-state index contributed by atoms with van der Waals surface area (Å²) in [4.78, 5) is 2.42. The van der Waals surface area contributed by atoms with Crippen LogP contribution in [0.25, 0.3) is 92.8 Å². The van der Waals surface area contributed by atoms with Gasteiger partial charge in [0.2, 0.25) is 0 Å². The molecule has 0 amide bonds. The fourth-order valence-electron chi connectivity index (χ4n) is 12.3. The molecule has 0 bridgehead atoms. The molecule has 15 rings (SSSR count). The Hall–Kier alpha value is -8.72. The topological polar surface area (TPSA) is 8.17 Å². The average molecular weight is 849 g/mol. The highest BCUT2D eigenvalue weighted by Gasteiger charge is 2.50. The summed E-state index contributed by atoms with van der Waals surface area (Å²) in [7, 11) is 0. The largest absolute Gasteiger partial charge is 0.310 e. The van der Waals surface area contributed by atoms with E-state index < -0.39 is 5.41 Å². The molecule has 12 aromatic carbocycles. The lowest BCUT2D eigenvalue weighted by molar-refractivity contribution is 0.749. The van der Waals surface area contributed by atoms with Crippen LogP contribution in [0.3, 0.4) is 0 Å². The minimum Gasteiger partial charge on any atom is -0.310 e. The van der Waals surface area contributed by atoms with Crippen LogP contribution in [-0.2, 0) is 5.41 Å². The number of fused-ring (bicyclic) bond motifs is 19. The van der Waals surface area contributed by atoms with Crippen molar-refractivity contribution in [3.63, 3.8) is 0 Å². The Morgan fingerprint density at radius 2 is 0.851 bits per heavy atom. The molecule has 1 atom stereocenters. The minimum atomic E-state index is -0.499. The molecule has 2 aliphatic rings. The number of rotatable bonds is 4. The SMILES string of the molecule is c1ccc2c(c1)-c1ccc(-c3ccc(N(c4ccc5ccccc5c4)c4ccc5c6ccccc6c6ccccc6c5c4)cc3)cc1C21c2ccccc2-n2c3ccccc3c3cccc1c32. The van der Waals surface area contributed by atoms with Crippen molar-refractivity contribution < 1.29 is 0 Å². The van der Waals surface area contributed by atoms with Gasteiger partial charge in [0.1, 0.15) is 0 Å². The average Bonchev–Trinajstić information content (AvgIpc) is 3.89. The lowest BCUT2D eigenvalue weighted by Gasteiger charge is -2.39. The van der Waals surface area contributed by atoms with E-state index in [0.29, 0.717) is 0 Å². The maximum absolute atomic E-state index is 2.52. The summed E-state index contributed by atoms with van der Waals surface area (Å²) in [6, 6.07) is 90.7. The second-order valence-electron chi connectivity index (χ2n) is 18.4. The van der Waals surface area contributed by atoms with Crippen LogP contribution in [0.5, 0.6) is 0 Å². The molecule has 1 aliphatic carbocycles. The summed E-state index contributed by atoms with van der Waals surface area (Å²) >= 11 is 0. The van der Waals surface area contributed by atoms with E-state index in [0.717, 1.165) is 17.1 Å². The predicted molar refractivity (Wildman–Crippen MR) is 282 cm³/mol. The van der Waals surface area contributed by atoms with E-state index in [-0.39, 0.29) is 0 Å². The number of nitrogens with zero attached hydrogens (tertiary/aromatic N) is 2. The van der Waals surface area contributed by atoms with Gasteiger partial charge in [-0.25, -0.2) is 0 Å². The van der Waals surface area contributed by atoms with Gasteiger partial charge in [-0.3, -0.25) is 0 Å². The minimum absolute atomic E-state index is 0.499. The van der Waals surface area contributed by atoms with Crippen molar-refractivity contribution in [3.8, 4) is 27.9 Å². The van der Waals surface area contributed by atoms with Crippen LogP contribution >= 0.6 is 0 Å². The lowest BCUT2D eigenvalue weighted by atomic mass is 9.65. The molecule has 0 saturated heterocycles. The fourth-order valence-corrected chi connectivity index (χ4v) is 12.3. The van der Waals surface area contributed by atoms with Crippen LogP contribution in [-0.4, -0.2) is 4.57 Å². The van der Waals surface area contributed by atoms with Crippen molar-refractivity contribution in [2.24, 2.45) is 0 Å². The summed E-state index contributed by atoms with van der Waals surface area (Å²) in [6.07, 6.45) is 0. The van der Waals surface area contributed by atoms with Crippen molar-refractivity contribution in [2.45, 2.75) is 5.41 Å². The van der Waals surface area contributed by atoms with Crippen LogP contribution in [0, 0.1) is 0 Å². The van der Waals surface area contributed by atoms with Crippen LogP contribution in [0.15, 0.2) is 243 Å². The van der Waals surface area contributed by atoms with Crippen molar-refractivity contribution >= 4 is 82.0 Å². The van der Waals surface area contributed by atoms with Gasteiger partial charge in [0.05, 0.1) is 22.1 Å². The molecule has 67 heavy (non-hydrogen) atoms. The van der Waals surface area contributed by atoms with Gasteiger partial charge in [0, 0.05) is 27.8 Å². The first-order chi connectivity index (χ1) is 33.2. The molecule has 2 heterocycles. The van der Waals surface area contributed by atoms with Gasteiger partial charge in [0.15, 0.2) is 0 Å². The molecule has 0 fully saturated rings. The molecule has 2 heteroatoms. The molecule has 0 radical (unpaired) electrons. The number of hydrogen-bond acceptors (Lipinski definition) is 1.